The smallest absolute Gasteiger partial charge is 0.220 e. The zero-order valence-electron chi connectivity index (χ0n) is 15.3. The number of amides is 1. The highest BCUT2D eigenvalue weighted by Gasteiger charge is 2.08. The van der Waals surface area contributed by atoms with Gasteiger partial charge in [0.2, 0.25) is 5.91 Å². The van der Waals surface area contributed by atoms with Gasteiger partial charge in [0.25, 0.3) is 0 Å². The van der Waals surface area contributed by atoms with Crippen molar-refractivity contribution in [3.05, 3.63) is 29.3 Å². The van der Waals surface area contributed by atoms with Crippen LogP contribution in [0, 0.1) is 19.8 Å². The molecule has 1 atom stereocenters. The highest BCUT2D eigenvalue weighted by Crippen LogP contribution is 2.19. The monoisotopic (exact) mass is 319 g/mol. The first-order valence-corrected chi connectivity index (χ1v) is 9.03. The Morgan fingerprint density at radius 1 is 1.22 bits per heavy atom. The number of nitrogens with one attached hydrogen (secondary N) is 1. The molecule has 1 aromatic carbocycles. The summed E-state index contributed by atoms with van der Waals surface area (Å²) in [5.74, 6) is 1.68. The number of carbonyl (C=O) groups excluding carboxylic acids is 1. The van der Waals surface area contributed by atoms with Crippen LogP contribution >= 0.6 is 0 Å². The van der Waals surface area contributed by atoms with Crippen LogP contribution in [0.1, 0.15) is 63.5 Å². The normalized spacial score (nSPS) is 12.0. The van der Waals surface area contributed by atoms with Gasteiger partial charge in [0.1, 0.15) is 5.75 Å². The largest absolute Gasteiger partial charge is 0.493 e. The van der Waals surface area contributed by atoms with Gasteiger partial charge in [-0.2, -0.15) is 0 Å². The summed E-state index contributed by atoms with van der Waals surface area (Å²) in [4.78, 5) is 11.9. The van der Waals surface area contributed by atoms with Gasteiger partial charge in [-0.15, -0.1) is 0 Å². The predicted octanol–water partition coefficient (Wildman–Crippen LogP) is 4.80. The van der Waals surface area contributed by atoms with E-state index in [1.54, 1.807) is 0 Å². The van der Waals surface area contributed by atoms with Crippen molar-refractivity contribution in [1.29, 1.82) is 0 Å². The van der Waals surface area contributed by atoms with Crippen molar-refractivity contribution in [1.82, 2.24) is 5.32 Å². The van der Waals surface area contributed by atoms with Gasteiger partial charge in [0.05, 0.1) is 6.61 Å². The molecule has 1 rings (SSSR count). The highest BCUT2D eigenvalue weighted by atomic mass is 16.5. The SMILES string of the molecule is CCCCC(CC)CNC(=O)CCCOc1ccc(C)cc1C. The Bertz CT molecular complexity index is 471. The van der Waals surface area contributed by atoms with E-state index in [1.807, 2.05) is 6.07 Å². The molecule has 0 aliphatic heterocycles. The molecule has 23 heavy (non-hydrogen) atoms. The van der Waals surface area contributed by atoms with Crippen LogP contribution in [-0.2, 0) is 4.79 Å². The van der Waals surface area contributed by atoms with Crippen molar-refractivity contribution in [2.75, 3.05) is 13.2 Å². The van der Waals surface area contributed by atoms with Gasteiger partial charge in [-0.3, -0.25) is 4.79 Å². The fraction of sp³-hybridized carbons (Fsp3) is 0.650. The van der Waals surface area contributed by atoms with Crippen LogP contribution in [0.15, 0.2) is 18.2 Å². The third kappa shape index (κ3) is 8.06. The lowest BCUT2D eigenvalue weighted by atomic mass is 9.99. The molecule has 1 amide bonds. The van der Waals surface area contributed by atoms with E-state index in [1.165, 1.54) is 24.8 Å². The second kappa shape index (κ2) is 11.1. The zero-order chi connectivity index (χ0) is 17.1. The quantitative estimate of drug-likeness (QED) is 0.595. The van der Waals surface area contributed by atoms with Gasteiger partial charge in [0, 0.05) is 13.0 Å². The number of carbonyl (C=O) groups is 1. The molecule has 0 aliphatic rings. The summed E-state index contributed by atoms with van der Waals surface area (Å²) in [6.45, 7) is 9.93. The van der Waals surface area contributed by atoms with Gasteiger partial charge >= 0.3 is 0 Å². The highest BCUT2D eigenvalue weighted by molar-refractivity contribution is 5.75. The maximum atomic E-state index is 11.9. The summed E-state index contributed by atoms with van der Waals surface area (Å²) in [7, 11) is 0. The number of benzene rings is 1. The molecule has 0 heterocycles. The van der Waals surface area contributed by atoms with Gasteiger partial charge in [-0.25, -0.2) is 0 Å². The molecular formula is C20H33NO2. The molecule has 0 saturated heterocycles. The van der Waals surface area contributed by atoms with E-state index in [2.05, 4.69) is 45.1 Å². The van der Waals surface area contributed by atoms with Crippen LogP contribution in [0.2, 0.25) is 0 Å². The van der Waals surface area contributed by atoms with Crippen LogP contribution in [-0.4, -0.2) is 19.1 Å². The van der Waals surface area contributed by atoms with Crippen molar-refractivity contribution in [3.8, 4) is 5.75 Å². The van der Waals surface area contributed by atoms with E-state index in [0.29, 0.717) is 18.9 Å². The second-order valence-corrected chi connectivity index (χ2v) is 6.44. The third-order valence-corrected chi connectivity index (χ3v) is 4.27. The standard InChI is InChI=1S/C20H33NO2/c1-5-7-9-18(6-2)15-21-20(22)10-8-13-23-19-12-11-16(3)14-17(19)4/h11-12,14,18H,5-10,13,15H2,1-4H3,(H,21,22). The van der Waals surface area contributed by atoms with E-state index < -0.39 is 0 Å². The van der Waals surface area contributed by atoms with Crippen LogP contribution in [0.25, 0.3) is 0 Å². The first-order chi connectivity index (χ1) is 11.1. The van der Waals surface area contributed by atoms with Crippen LogP contribution in [0.3, 0.4) is 0 Å². The predicted molar refractivity (Wildman–Crippen MR) is 97.0 cm³/mol. The number of aryl methyl sites for hydroxylation is 2. The number of ether oxygens (including phenoxy) is 1. The molecule has 3 heteroatoms. The second-order valence-electron chi connectivity index (χ2n) is 6.44. The van der Waals surface area contributed by atoms with E-state index in [0.717, 1.165) is 30.7 Å². The summed E-state index contributed by atoms with van der Waals surface area (Å²) in [6.07, 6.45) is 6.11. The fourth-order valence-corrected chi connectivity index (χ4v) is 2.67. The molecule has 0 fully saturated rings. The molecule has 0 aliphatic carbocycles. The molecule has 0 bridgehead atoms. The van der Waals surface area contributed by atoms with E-state index in [-0.39, 0.29) is 5.91 Å². The Morgan fingerprint density at radius 3 is 2.65 bits per heavy atom. The van der Waals surface area contributed by atoms with Crippen molar-refractivity contribution in [2.24, 2.45) is 5.92 Å². The van der Waals surface area contributed by atoms with E-state index >= 15 is 0 Å². The Kier molecular flexibility index (Phi) is 9.42. The summed E-state index contributed by atoms with van der Waals surface area (Å²) in [5, 5.41) is 3.07. The lowest BCUT2D eigenvalue weighted by Crippen LogP contribution is -2.29. The lowest BCUT2D eigenvalue weighted by Gasteiger charge is -2.15. The van der Waals surface area contributed by atoms with Crippen molar-refractivity contribution >= 4 is 5.91 Å². The Balaban J connectivity index is 2.18. The van der Waals surface area contributed by atoms with Crippen LogP contribution in [0.5, 0.6) is 5.75 Å². The van der Waals surface area contributed by atoms with Gasteiger partial charge in [-0.05, 0) is 44.2 Å². The maximum absolute atomic E-state index is 11.9. The summed E-state index contributed by atoms with van der Waals surface area (Å²) in [6, 6.07) is 6.17. The maximum Gasteiger partial charge on any atom is 0.220 e. The first-order valence-electron chi connectivity index (χ1n) is 9.03. The third-order valence-electron chi connectivity index (χ3n) is 4.27. The van der Waals surface area contributed by atoms with Gasteiger partial charge in [0.15, 0.2) is 0 Å². The molecule has 130 valence electrons. The zero-order valence-corrected chi connectivity index (χ0v) is 15.3. The fourth-order valence-electron chi connectivity index (χ4n) is 2.67. The van der Waals surface area contributed by atoms with Crippen molar-refractivity contribution in [2.45, 2.75) is 66.2 Å². The lowest BCUT2D eigenvalue weighted by molar-refractivity contribution is -0.121. The number of unbranched alkanes of at least 4 members (excludes halogenated alkanes) is 1. The molecule has 0 spiro atoms. The number of hydrogen-bond donors (Lipinski definition) is 1. The molecule has 0 saturated carbocycles. The summed E-state index contributed by atoms with van der Waals surface area (Å²) < 4.78 is 5.76. The molecule has 1 N–H and O–H groups in total. The molecule has 1 aromatic rings. The van der Waals surface area contributed by atoms with E-state index in [9.17, 15) is 4.79 Å². The Morgan fingerprint density at radius 2 is 2.00 bits per heavy atom. The minimum absolute atomic E-state index is 0.143. The van der Waals surface area contributed by atoms with Crippen molar-refractivity contribution in [3.63, 3.8) is 0 Å². The molecule has 0 aromatic heterocycles. The number of rotatable bonds is 11. The average molecular weight is 319 g/mol. The molecule has 0 radical (unpaired) electrons. The Labute approximate surface area is 141 Å². The first kappa shape index (κ1) is 19.5. The summed E-state index contributed by atoms with van der Waals surface area (Å²) in [5.41, 5.74) is 2.39. The molecule has 1 unspecified atom stereocenters. The van der Waals surface area contributed by atoms with Crippen molar-refractivity contribution < 1.29 is 9.53 Å². The minimum Gasteiger partial charge on any atom is -0.493 e. The average Bonchev–Trinajstić information content (AvgIpc) is 2.53. The topological polar surface area (TPSA) is 38.3 Å². The molecular weight excluding hydrogens is 286 g/mol. The van der Waals surface area contributed by atoms with Gasteiger partial charge in [-0.1, -0.05) is 50.8 Å². The van der Waals surface area contributed by atoms with Crippen LogP contribution < -0.4 is 10.1 Å². The number of hydrogen-bond acceptors (Lipinski definition) is 2. The minimum atomic E-state index is 0.143. The molecule has 3 nitrogen and oxygen atoms in total. The Hall–Kier alpha value is -1.51. The van der Waals surface area contributed by atoms with Crippen LogP contribution in [0.4, 0.5) is 0 Å². The summed E-state index contributed by atoms with van der Waals surface area (Å²) >= 11 is 0. The van der Waals surface area contributed by atoms with Gasteiger partial charge < -0.3 is 10.1 Å². The van der Waals surface area contributed by atoms with E-state index in [4.69, 9.17) is 4.74 Å².